The number of carboxylic acids is 1. The van der Waals surface area contributed by atoms with Gasteiger partial charge in [0.05, 0.1) is 31.1 Å². The van der Waals surface area contributed by atoms with Crippen LogP contribution >= 0.6 is 0 Å². The average molecular weight is 651 g/mol. The molecule has 0 saturated carbocycles. The van der Waals surface area contributed by atoms with Gasteiger partial charge in [-0.05, 0) is 61.6 Å². The number of benzene rings is 2. The summed E-state index contributed by atoms with van der Waals surface area (Å²) in [6.45, 7) is 8.99. The number of halogens is 1. The summed E-state index contributed by atoms with van der Waals surface area (Å²) in [6.07, 6.45) is -0.357. The van der Waals surface area contributed by atoms with E-state index in [0.717, 1.165) is 11.3 Å². The number of ether oxygens (including phenoxy) is 3. The molecule has 45 heavy (non-hydrogen) atoms. The topological polar surface area (TPSA) is 110 Å². The van der Waals surface area contributed by atoms with Gasteiger partial charge in [0, 0.05) is 49.7 Å². The normalized spacial score (nSPS) is 20.6. The molecule has 9 nitrogen and oxygen atoms in total. The molecule has 0 unspecified atom stereocenters. The number of hydrogen-bond acceptors (Lipinski definition) is 7. The molecule has 2 saturated heterocycles. The Hall–Kier alpha value is -2.09. The Balaban J connectivity index is 0.00000461. The van der Waals surface area contributed by atoms with Gasteiger partial charge in [0.15, 0.2) is 5.79 Å². The van der Waals surface area contributed by atoms with Crippen molar-refractivity contribution in [3.8, 4) is 22.4 Å². The third kappa shape index (κ3) is 8.08. The molecule has 0 aliphatic carbocycles. The first-order chi connectivity index (χ1) is 20.9. The zero-order valence-electron chi connectivity index (χ0n) is 26.6. The maximum Gasteiger partial charge on any atom is 1.00 e. The fourth-order valence-corrected chi connectivity index (χ4v) is 8.21. The van der Waals surface area contributed by atoms with Gasteiger partial charge in [-0.2, -0.15) is 4.31 Å². The predicted molar refractivity (Wildman–Crippen MR) is 162 cm³/mol. The molecule has 2 aromatic carbocycles. The number of carboxylic acid groups (broad SMARTS) is 1. The van der Waals surface area contributed by atoms with Crippen LogP contribution in [-0.2, 0) is 35.6 Å². The molecular formula is C33H40FN2NaO7S. The number of carbonyl (C=O) groups is 1. The third-order valence-electron chi connectivity index (χ3n) is 8.05. The van der Waals surface area contributed by atoms with Crippen molar-refractivity contribution in [3.05, 3.63) is 66.1 Å². The van der Waals surface area contributed by atoms with Crippen LogP contribution in [0.3, 0.4) is 0 Å². The fraction of sp³-hybridized carbons (Fsp3) is 0.485. The van der Waals surface area contributed by atoms with Crippen LogP contribution in [0.4, 0.5) is 4.39 Å². The van der Waals surface area contributed by atoms with Gasteiger partial charge in [-0.3, -0.25) is 0 Å². The molecule has 2 atom stereocenters. The van der Waals surface area contributed by atoms with E-state index >= 15 is 0 Å². The Morgan fingerprint density at radius 1 is 1.00 bits per heavy atom. The maximum atomic E-state index is 14.6. The van der Waals surface area contributed by atoms with Crippen molar-refractivity contribution in [3.63, 3.8) is 0 Å². The predicted octanol–water partition coefficient (Wildman–Crippen LogP) is 1.55. The monoisotopic (exact) mass is 650 g/mol. The molecule has 0 amide bonds. The van der Waals surface area contributed by atoms with Crippen LogP contribution in [-0.4, -0.2) is 67.6 Å². The second-order valence-corrected chi connectivity index (χ2v) is 14.0. The van der Waals surface area contributed by atoms with Gasteiger partial charge in [0.2, 0.25) is 10.0 Å². The van der Waals surface area contributed by atoms with Crippen molar-refractivity contribution < 1.29 is 66.5 Å². The molecule has 3 heterocycles. The second kappa shape index (κ2) is 14.8. The first kappa shape index (κ1) is 35.8. The minimum atomic E-state index is -4.03. The number of rotatable bonds is 10. The fourth-order valence-electron chi connectivity index (χ4n) is 6.37. The van der Waals surface area contributed by atoms with E-state index in [1.54, 1.807) is 26.0 Å². The molecular weight excluding hydrogens is 610 g/mol. The Morgan fingerprint density at radius 3 is 2.22 bits per heavy atom. The van der Waals surface area contributed by atoms with E-state index in [4.69, 9.17) is 14.2 Å². The Morgan fingerprint density at radius 2 is 1.62 bits per heavy atom. The minimum Gasteiger partial charge on any atom is -0.550 e. The third-order valence-corrected chi connectivity index (χ3v) is 10.0. The number of nitrogens with zero attached hydrogens (tertiary/aromatic N) is 2. The standard InChI is InChI=1S/C33H41FN2O7S.Na/c1-22(2)30-29(23-8-6-5-7-9-23)32(44(39,40)35-16-18-41-19-17-35)31(24-10-12-25(34)13-11-24)36(30)15-14-26-20-27(21-28(37)38)43-33(3,4)42-26;/h5-13,22,26-27H,14-21H2,1-4H3,(H,37,38);/q;+1/p-1/t26-,27-;/m1./s1. The van der Waals surface area contributed by atoms with E-state index < -0.39 is 33.7 Å². The van der Waals surface area contributed by atoms with E-state index in [-0.39, 0.29) is 66.0 Å². The molecule has 2 aliphatic heterocycles. The zero-order chi connectivity index (χ0) is 31.6. The summed E-state index contributed by atoms with van der Waals surface area (Å²) in [5.74, 6) is -2.70. The second-order valence-electron chi connectivity index (χ2n) is 12.1. The summed E-state index contributed by atoms with van der Waals surface area (Å²) in [6, 6.07) is 15.4. The number of aliphatic carboxylic acids is 1. The van der Waals surface area contributed by atoms with Crippen molar-refractivity contribution in [1.29, 1.82) is 0 Å². The molecule has 3 aromatic rings. The number of hydrogen-bond donors (Lipinski definition) is 0. The van der Waals surface area contributed by atoms with E-state index in [9.17, 15) is 22.7 Å². The summed E-state index contributed by atoms with van der Waals surface area (Å²) in [5, 5.41) is 11.4. The Bertz CT molecular complexity index is 1570. The molecule has 0 radical (unpaired) electrons. The van der Waals surface area contributed by atoms with E-state index in [1.807, 2.05) is 48.7 Å². The quantitative estimate of drug-likeness (QED) is 0.307. The average Bonchev–Trinajstić information content (AvgIpc) is 3.32. The SMILES string of the molecule is CC(C)c1c(-c2ccccc2)c(S(=O)(=O)N2CCOCC2)c(-c2ccc(F)cc2)n1CC[C@@H]1C[C@H](CC(=O)[O-])OC(C)(C)O1.[Na+]. The van der Waals surface area contributed by atoms with Gasteiger partial charge >= 0.3 is 29.6 Å². The van der Waals surface area contributed by atoms with Crippen LogP contribution in [0.25, 0.3) is 22.4 Å². The van der Waals surface area contributed by atoms with Crippen LogP contribution in [0.1, 0.15) is 58.6 Å². The smallest absolute Gasteiger partial charge is 0.550 e. The number of morpholine rings is 1. The van der Waals surface area contributed by atoms with E-state index in [0.29, 0.717) is 49.4 Å². The first-order valence-corrected chi connectivity index (χ1v) is 16.5. The number of aromatic nitrogens is 1. The van der Waals surface area contributed by atoms with Gasteiger partial charge in [-0.15, -0.1) is 0 Å². The van der Waals surface area contributed by atoms with Crippen molar-refractivity contribution in [2.45, 2.75) is 82.3 Å². The Kier molecular flexibility index (Phi) is 11.7. The first-order valence-electron chi connectivity index (χ1n) is 15.1. The molecule has 0 spiro atoms. The summed E-state index contributed by atoms with van der Waals surface area (Å²) in [7, 11) is -4.03. The van der Waals surface area contributed by atoms with Crippen LogP contribution < -0.4 is 34.7 Å². The van der Waals surface area contributed by atoms with Gasteiger partial charge < -0.3 is 28.7 Å². The molecule has 0 N–H and O–H groups in total. The van der Waals surface area contributed by atoms with Crippen molar-refractivity contribution in [2.75, 3.05) is 26.3 Å². The van der Waals surface area contributed by atoms with E-state index in [2.05, 4.69) is 0 Å². The van der Waals surface area contributed by atoms with Gasteiger partial charge in [-0.25, -0.2) is 12.8 Å². The van der Waals surface area contributed by atoms with Crippen LogP contribution in [0.2, 0.25) is 0 Å². The van der Waals surface area contributed by atoms with Crippen LogP contribution in [0.5, 0.6) is 0 Å². The molecule has 5 rings (SSSR count). The molecule has 2 aliphatic rings. The molecule has 12 heteroatoms. The molecule has 238 valence electrons. The van der Waals surface area contributed by atoms with Crippen LogP contribution in [0, 0.1) is 5.82 Å². The van der Waals surface area contributed by atoms with E-state index in [1.165, 1.54) is 16.4 Å². The summed E-state index contributed by atoms with van der Waals surface area (Å²) >= 11 is 0. The van der Waals surface area contributed by atoms with Crippen molar-refractivity contribution in [2.24, 2.45) is 0 Å². The van der Waals surface area contributed by atoms with Crippen LogP contribution in [0.15, 0.2) is 59.5 Å². The summed E-state index contributed by atoms with van der Waals surface area (Å²) < 4.78 is 64.5. The number of sulfonamides is 1. The molecule has 2 fully saturated rings. The van der Waals surface area contributed by atoms with Crippen molar-refractivity contribution >= 4 is 16.0 Å². The van der Waals surface area contributed by atoms with Gasteiger partial charge in [0.25, 0.3) is 0 Å². The minimum absolute atomic E-state index is 0. The zero-order valence-corrected chi connectivity index (χ0v) is 29.4. The number of carbonyl (C=O) groups excluding carboxylic acids is 1. The van der Waals surface area contributed by atoms with Crippen molar-refractivity contribution in [1.82, 2.24) is 8.87 Å². The largest absolute Gasteiger partial charge is 1.00 e. The Labute approximate surface area is 287 Å². The summed E-state index contributed by atoms with van der Waals surface area (Å²) in [4.78, 5) is 11.6. The maximum absolute atomic E-state index is 14.6. The van der Waals surface area contributed by atoms with Gasteiger partial charge in [0.1, 0.15) is 10.7 Å². The summed E-state index contributed by atoms with van der Waals surface area (Å²) in [5.41, 5.74) is 3.28. The van der Waals surface area contributed by atoms with Gasteiger partial charge in [-0.1, -0.05) is 44.2 Å². The molecule has 1 aromatic heterocycles. The molecule has 0 bridgehead atoms.